The normalized spacial score (nSPS) is 15.1. The number of hydrogen-bond acceptors (Lipinski definition) is 0. The van der Waals surface area contributed by atoms with Crippen LogP contribution in [0.4, 0.5) is 0 Å². The molecule has 0 amide bonds. The van der Waals surface area contributed by atoms with Gasteiger partial charge in [0.25, 0.3) is 0 Å². The molecule has 0 saturated carbocycles. The van der Waals surface area contributed by atoms with E-state index in [1.54, 1.807) is 0 Å². The quantitative estimate of drug-likeness (QED) is 0.236. The first kappa shape index (κ1) is 40.0. The van der Waals surface area contributed by atoms with Gasteiger partial charge in [-0.1, -0.05) is 188 Å². The Bertz CT molecular complexity index is 1920. The van der Waals surface area contributed by atoms with E-state index in [0.29, 0.717) is 5.92 Å². The van der Waals surface area contributed by atoms with Crippen molar-refractivity contribution < 1.29 is 51.0 Å². The average Bonchev–Trinajstić information content (AvgIpc) is 3.58. The standard InChI is InChI=1S/C45H49.2ClH.Zr/c1-11-29-24-37(39(25-29)44(5,6)7)41-36-27-32-26-33(43(2,3)4)22-23-34(32)35(36)28-38(42(41)45(8,9)10)40(30-18-14-12-15-19-30)31-20-16-13-17-21-31;;;/h12-26,28,39H,11H2,1-10H3;2*1H;/q-1;;;+3/p-2. The van der Waals surface area contributed by atoms with Gasteiger partial charge in [-0.25, -0.2) is 0 Å². The summed E-state index contributed by atoms with van der Waals surface area (Å²) in [5.41, 5.74) is 14.6. The molecule has 0 heterocycles. The van der Waals surface area contributed by atoms with Gasteiger partial charge in [-0.05, 0) is 44.6 Å². The number of fused-ring (bicyclic) bond motifs is 3. The minimum absolute atomic E-state index is 0. The van der Waals surface area contributed by atoms with Crippen LogP contribution in [0.25, 0.3) is 28.3 Å². The third-order valence-electron chi connectivity index (χ3n) is 9.59. The molecule has 0 fully saturated rings. The van der Waals surface area contributed by atoms with Crippen LogP contribution in [0.1, 0.15) is 109 Å². The molecule has 0 bridgehead atoms. The first-order valence-electron chi connectivity index (χ1n) is 16.7. The molecule has 2 aliphatic carbocycles. The van der Waals surface area contributed by atoms with Crippen LogP contribution in [0.5, 0.6) is 0 Å². The Morgan fingerprint density at radius 2 is 1.25 bits per heavy atom. The van der Waals surface area contributed by atoms with Gasteiger partial charge in [-0.3, -0.25) is 0 Å². The summed E-state index contributed by atoms with van der Waals surface area (Å²) in [4.78, 5) is 0. The maximum Gasteiger partial charge on any atom is 3.00 e. The second-order valence-electron chi connectivity index (χ2n) is 16.1. The molecule has 0 saturated heterocycles. The zero-order valence-electron chi connectivity index (χ0n) is 30.3. The molecule has 4 aromatic carbocycles. The number of benzene rings is 4. The van der Waals surface area contributed by atoms with Gasteiger partial charge >= 0.3 is 26.2 Å². The van der Waals surface area contributed by atoms with E-state index in [1.807, 2.05) is 0 Å². The molecule has 3 heteroatoms. The first-order chi connectivity index (χ1) is 21.2. The predicted molar refractivity (Wildman–Crippen MR) is 195 cm³/mol. The summed E-state index contributed by atoms with van der Waals surface area (Å²) < 4.78 is 0. The van der Waals surface area contributed by atoms with Gasteiger partial charge in [0, 0.05) is 5.92 Å². The van der Waals surface area contributed by atoms with E-state index in [9.17, 15) is 0 Å². The van der Waals surface area contributed by atoms with Gasteiger partial charge in [-0.2, -0.15) is 0 Å². The van der Waals surface area contributed by atoms with Crippen LogP contribution in [-0.4, -0.2) is 0 Å². The number of hydrogen-bond donors (Lipinski definition) is 0. The van der Waals surface area contributed by atoms with Gasteiger partial charge in [0.2, 0.25) is 0 Å². The van der Waals surface area contributed by atoms with Crippen LogP contribution in [0.15, 0.2) is 103 Å². The molecular weight excluding hydrogens is 703 g/mol. The fourth-order valence-electron chi connectivity index (χ4n) is 7.27. The maximum atomic E-state index is 4.03. The Kier molecular flexibility index (Phi) is 12.3. The summed E-state index contributed by atoms with van der Waals surface area (Å²) in [5, 5.41) is 2.58. The second-order valence-corrected chi connectivity index (χ2v) is 16.1. The van der Waals surface area contributed by atoms with Crippen molar-refractivity contribution in [2.45, 2.75) is 86.5 Å². The monoisotopic (exact) mass is 749 g/mol. The van der Waals surface area contributed by atoms with Crippen LogP contribution >= 0.6 is 0 Å². The zero-order chi connectivity index (χ0) is 32.3. The fraction of sp³-hybridized carbons (Fsp3) is 0.333. The molecule has 0 aromatic heterocycles. The number of rotatable bonds is 4. The number of allylic oxidation sites excluding steroid dienone is 4. The van der Waals surface area contributed by atoms with E-state index in [4.69, 9.17) is 0 Å². The Morgan fingerprint density at radius 1 is 0.688 bits per heavy atom. The third kappa shape index (κ3) is 7.50. The molecule has 2 aliphatic rings. The van der Waals surface area contributed by atoms with Crippen molar-refractivity contribution in [2.75, 3.05) is 0 Å². The van der Waals surface area contributed by atoms with E-state index >= 15 is 0 Å². The molecule has 0 aliphatic heterocycles. The Balaban J connectivity index is 0.00000208. The summed E-state index contributed by atoms with van der Waals surface area (Å²) in [6.45, 7) is 23.5. The van der Waals surface area contributed by atoms with E-state index in [0.717, 1.165) is 6.42 Å². The van der Waals surface area contributed by atoms with Crippen molar-refractivity contribution >= 4 is 17.2 Å². The van der Waals surface area contributed by atoms with Crippen molar-refractivity contribution in [1.82, 2.24) is 0 Å². The van der Waals surface area contributed by atoms with Crippen molar-refractivity contribution in [2.24, 2.45) is 11.3 Å². The smallest absolute Gasteiger partial charge is 1.00 e. The van der Waals surface area contributed by atoms with Crippen LogP contribution in [-0.2, 0) is 37.0 Å². The molecule has 0 spiro atoms. The molecule has 1 radical (unpaired) electrons. The van der Waals surface area contributed by atoms with E-state index < -0.39 is 0 Å². The molecule has 0 N–H and O–H groups in total. The molecule has 6 rings (SSSR count). The van der Waals surface area contributed by atoms with Crippen LogP contribution in [0.3, 0.4) is 0 Å². The van der Waals surface area contributed by atoms with E-state index in [1.165, 1.54) is 71.7 Å². The Labute approximate surface area is 321 Å². The SMILES string of the molecule is CCC1=CC(C(C)(C)C)C(c2c(C(C)(C)C)c(=C(c3ccccc3)c3ccccc3)cc3c2=[C-]c2cc(C(C)(C)C)ccc2-3)=C1.[Cl-].[Cl-].[Zr+3]. The molecule has 48 heavy (non-hydrogen) atoms. The van der Waals surface area contributed by atoms with Crippen LogP contribution in [0.2, 0.25) is 0 Å². The largest absolute Gasteiger partial charge is 3.00 e. The van der Waals surface area contributed by atoms with Gasteiger partial charge in [-0.15, -0.1) is 34.1 Å². The molecule has 1 atom stereocenters. The van der Waals surface area contributed by atoms with E-state index in [2.05, 4.69) is 172 Å². The van der Waals surface area contributed by atoms with Crippen molar-refractivity contribution in [1.29, 1.82) is 0 Å². The zero-order valence-corrected chi connectivity index (χ0v) is 34.2. The minimum Gasteiger partial charge on any atom is -1.00 e. The van der Waals surface area contributed by atoms with Crippen molar-refractivity contribution in [3.8, 4) is 11.1 Å². The van der Waals surface area contributed by atoms with Crippen molar-refractivity contribution in [3.63, 3.8) is 0 Å². The average molecular weight is 752 g/mol. The predicted octanol–water partition coefficient (Wildman–Crippen LogP) is 4.62. The molecule has 0 nitrogen and oxygen atoms in total. The van der Waals surface area contributed by atoms with Crippen LogP contribution < -0.4 is 35.3 Å². The molecule has 4 aromatic rings. The minimum atomic E-state index is -0.125. The van der Waals surface area contributed by atoms with E-state index in [-0.39, 0.29) is 67.3 Å². The Morgan fingerprint density at radius 3 is 1.73 bits per heavy atom. The summed E-state index contributed by atoms with van der Waals surface area (Å²) in [5.74, 6) is 0.320. The fourth-order valence-corrected chi connectivity index (χ4v) is 7.27. The summed E-state index contributed by atoms with van der Waals surface area (Å²) in [7, 11) is 0. The molecular formula is C45H49Cl2Zr. The maximum absolute atomic E-state index is 4.03. The molecule has 247 valence electrons. The summed E-state index contributed by atoms with van der Waals surface area (Å²) in [6.07, 6.45) is 10.1. The topological polar surface area (TPSA) is 0 Å². The van der Waals surface area contributed by atoms with Gasteiger partial charge in [0.15, 0.2) is 0 Å². The van der Waals surface area contributed by atoms with Crippen molar-refractivity contribution in [3.05, 3.63) is 146 Å². The molecule has 1 unspecified atom stereocenters. The van der Waals surface area contributed by atoms with Gasteiger partial charge in [0.1, 0.15) is 0 Å². The van der Waals surface area contributed by atoms with Gasteiger partial charge < -0.3 is 24.8 Å². The first-order valence-corrected chi connectivity index (χ1v) is 16.7. The summed E-state index contributed by atoms with van der Waals surface area (Å²) >= 11 is 0. The van der Waals surface area contributed by atoms with Gasteiger partial charge in [0.05, 0.1) is 0 Å². The Hall–Kier alpha value is -2.44. The summed E-state index contributed by atoms with van der Waals surface area (Å²) in [6, 6.07) is 31.6. The number of halogens is 2. The van der Waals surface area contributed by atoms with Crippen LogP contribution in [0, 0.1) is 11.3 Å². The third-order valence-corrected chi connectivity index (χ3v) is 9.59. The second kappa shape index (κ2) is 14.8.